The second-order valence-corrected chi connectivity index (χ2v) is 16.8. The van der Waals surface area contributed by atoms with E-state index in [1.165, 1.54) is 14.2 Å². The molecule has 0 radical (unpaired) electrons. The molecule has 62 heavy (non-hydrogen) atoms. The lowest BCUT2D eigenvalue weighted by Gasteiger charge is -2.29. The van der Waals surface area contributed by atoms with Crippen molar-refractivity contribution in [1.82, 2.24) is 40.4 Å². The van der Waals surface area contributed by atoms with Crippen LogP contribution in [0.25, 0.3) is 44.3 Å². The SMILES string of the molecule is COCc1cc(-c2ccc3nc([C@@H]4CCCN4C(=O)[C@@H](NC(=O)OC)C(C)C)[nH]c3c2)c(COC)cc1-c1ccc2nc([C@@H]3CCCN3C(=O)[C@@H](NC(=O)OC)C(C)C)[nH]c2c1. The van der Waals surface area contributed by atoms with Gasteiger partial charge in [-0.15, -0.1) is 0 Å². The zero-order valence-electron chi connectivity index (χ0n) is 36.8. The Balaban J connectivity index is 1.18. The minimum atomic E-state index is -0.719. The Morgan fingerprint density at radius 3 is 1.40 bits per heavy atom. The number of alkyl carbamates (subject to hydrolysis) is 2. The summed E-state index contributed by atoms with van der Waals surface area (Å²) in [7, 11) is 5.94. The van der Waals surface area contributed by atoms with Crippen LogP contribution in [0, 0.1) is 11.8 Å². The van der Waals surface area contributed by atoms with Crippen molar-refractivity contribution in [1.29, 1.82) is 0 Å². The maximum atomic E-state index is 13.8. The maximum Gasteiger partial charge on any atom is 0.407 e. The van der Waals surface area contributed by atoms with Crippen LogP contribution in [0.4, 0.5) is 9.59 Å². The highest BCUT2D eigenvalue weighted by Gasteiger charge is 2.39. The first-order valence-electron chi connectivity index (χ1n) is 21.3. The van der Waals surface area contributed by atoms with Crippen molar-refractivity contribution < 1.29 is 38.1 Å². The highest BCUT2D eigenvalue weighted by atomic mass is 16.5. The summed E-state index contributed by atoms with van der Waals surface area (Å²) in [6, 6.07) is 14.6. The first kappa shape index (κ1) is 44.1. The fourth-order valence-corrected chi connectivity index (χ4v) is 8.87. The predicted molar refractivity (Wildman–Crippen MR) is 234 cm³/mol. The molecule has 4 N–H and O–H groups in total. The average Bonchev–Trinajstić information content (AvgIpc) is 4.09. The lowest BCUT2D eigenvalue weighted by Crippen LogP contribution is -2.51. The number of nitrogens with zero attached hydrogens (tertiary/aromatic N) is 4. The molecule has 16 heteroatoms. The van der Waals surface area contributed by atoms with Crippen molar-refractivity contribution in [3.05, 3.63) is 71.3 Å². The minimum absolute atomic E-state index is 0.132. The molecule has 2 aromatic heterocycles. The molecule has 16 nitrogen and oxygen atoms in total. The molecule has 2 fully saturated rings. The number of amides is 4. The maximum absolute atomic E-state index is 13.8. The van der Waals surface area contributed by atoms with Gasteiger partial charge in [-0.05, 0) is 107 Å². The van der Waals surface area contributed by atoms with Crippen LogP contribution in [0.1, 0.15) is 88.2 Å². The molecule has 4 heterocycles. The van der Waals surface area contributed by atoms with Gasteiger partial charge < -0.3 is 49.3 Å². The van der Waals surface area contributed by atoms with Gasteiger partial charge in [0.1, 0.15) is 23.7 Å². The van der Waals surface area contributed by atoms with Gasteiger partial charge in [0, 0.05) is 27.3 Å². The highest BCUT2D eigenvalue weighted by molar-refractivity contribution is 5.89. The summed E-state index contributed by atoms with van der Waals surface area (Å²) in [5.74, 6) is 0.830. The van der Waals surface area contributed by atoms with E-state index in [4.69, 9.17) is 28.9 Å². The summed E-state index contributed by atoms with van der Waals surface area (Å²) in [5.41, 5.74) is 9.14. The third-order valence-electron chi connectivity index (χ3n) is 12.0. The van der Waals surface area contributed by atoms with Gasteiger partial charge in [0.15, 0.2) is 0 Å². The van der Waals surface area contributed by atoms with Gasteiger partial charge in [-0.2, -0.15) is 0 Å². The van der Waals surface area contributed by atoms with Crippen molar-refractivity contribution >= 4 is 46.1 Å². The van der Waals surface area contributed by atoms with Crippen molar-refractivity contribution in [2.45, 2.75) is 90.8 Å². The summed E-state index contributed by atoms with van der Waals surface area (Å²) < 4.78 is 21.1. The van der Waals surface area contributed by atoms with E-state index < -0.39 is 24.3 Å². The second-order valence-electron chi connectivity index (χ2n) is 16.8. The van der Waals surface area contributed by atoms with Gasteiger partial charge in [0.25, 0.3) is 0 Å². The van der Waals surface area contributed by atoms with E-state index in [9.17, 15) is 19.2 Å². The standard InChI is InChI=1S/C46H58N8O8/c1-25(2)39(51-45(57)61-7)43(55)53-17-9-11-37(53)41-47-33-15-13-27(21-35(33)49-41)31-19-30(24-60-6)32(20-29(31)23-59-5)28-14-16-34-36(22-28)50-42(48-34)38-12-10-18-54(38)44(56)40(26(3)4)52-46(58)62-8/h13-16,19-22,25-26,37-40H,9-12,17-18,23-24H2,1-8H3,(H,47,49)(H,48,50)(H,51,57)(H,52,58)/t37-,38-,39-,40-/m0/s1. The quantitative estimate of drug-likeness (QED) is 0.0892. The number of ether oxygens (including phenoxy) is 4. The Kier molecular flexibility index (Phi) is 13.5. The first-order valence-corrected chi connectivity index (χ1v) is 21.3. The van der Waals surface area contributed by atoms with Gasteiger partial charge in [-0.1, -0.05) is 39.8 Å². The molecule has 2 saturated heterocycles. The topological polar surface area (TPSA) is 193 Å². The highest BCUT2D eigenvalue weighted by Crippen LogP contribution is 2.38. The largest absolute Gasteiger partial charge is 0.453 e. The van der Waals surface area contributed by atoms with Crippen LogP contribution in [0.5, 0.6) is 0 Å². The molecule has 2 aliphatic heterocycles. The molecular weight excluding hydrogens is 793 g/mol. The summed E-state index contributed by atoms with van der Waals surface area (Å²) in [5, 5.41) is 5.43. The number of benzene rings is 3. The molecule has 0 aliphatic carbocycles. The third kappa shape index (κ3) is 8.98. The van der Waals surface area contributed by atoms with Crippen LogP contribution in [0.2, 0.25) is 0 Å². The van der Waals surface area contributed by atoms with E-state index in [2.05, 4.69) is 57.0 Å². The number of nitrogens with one attached hydrogen (secondary N) is 4. The number of aromatic amines is 2. The van der Waals surface area contributed by atoms with E-state index >= 15 is 0 Å². The zero-order valence-corrected chi connectivity index (χ0v) is 36.8. The van der Waals surface area contributed by atoms with Crippen LogP contribution in [0.3, 0.4) is 0 Å². The van der Waals surface area contributed by atoms with Crippen LogP contribution in [-0.2, 0) is 41.8 Å². The van der Waals surface area contributed by atoms with Crippen LogP contribution >= 0.6 is 0 Å². The Hall–Kier alpha value is -6.00. The molecule has 7 rings (SSSR count). The molecule has 3 aromatic carbocycles. The third-order valence-corrected chi connectivity index (χ3v) is 12.0. The van der Waals surface area contributed by atoms with Gasteiger partial charge in [-0.25, -0.2) is 19.6 Å². The van der Waals surface area contributed by atoms with E-state index in [1.807, 2.05) is 49.6 Å². The van der Waals surface area contributed by atoms with Gasteiger partial charge >= 0.3 is 12.2 Å². The van der Waals surface area contributed by atoms with Crippen molar-refractivity contribution in [3.63, 3.8) is 0 Å². The van der Waals surface area contributed by atoms with Crippen LogP contribution in [-0.4, -0.2) is 107 Å². The number of aromatic nitrogens is 4. The smallest absolute Gasteiger partial charge is 0.407 e. The van der Waals surface area contributed by atoms with Crippen molar-refractivity contribution in [2.75, 3.05) is 41.5 Å². The number of likely N-dealkylation sites (tertiary alicyclic amines) is 2. The lowest BCUT2D eigenvalue weighted by molar-refractivity contribution is -0.136. The zero-order chi connectivity index (χ0) is 44.2. The molecule has 0 unspecified atom stereocenters. The summed E-state index contributed by atoms with van der Waals surface area (Å²) in [6.07, 6.45) is 1.87. The first-order chi connectivity index (χ1) is 29.8. The van der Waals surface area contributed by atoms with E-state index in [1.54, 1.807) is 14.2 Å². The van der Waals surface area contributed by atoms with Crippen LogP contribution < -0.4 is 10.6 Å². The molecule has 0 bridgehead atoms. The molecule has 5 aromatic rings. The summed E-state index contributed by atoms with van der Waals surface area (Å²) >= 11 is 0. The Bertz CT molecular complexity index is 2270. The molecule has 0 saturated carbocycles. The molecular formula is C46H58N8O8. The number of H-pyrrole nitrogens is 2. The lowest BCUT2D eigenvalue weighted by atomic mass is 9.91. The Labute approximate surface area is 361 Å². The van der Waals surface area contributed by atoms with E-state index in [-0.39, 0.29) is 35.7 Å². The number of hydrogen-bond acceptors (Lipinski definition) is 10. The molecule has 0 spiro atoms. The van der Waals surface area contributed by atoms with Crippen molar-refractivity contribution in [3.8, 4) is 22.3 Å². The Morgan fingerprint density at radius 1 is 0.645 bits per heavy atom. The number of hydrogen-bond donors (Lipinski definition) is 4. The number of fused-ring (bicyclic) bond motifs is 2. The fraction of sp³-hybridized carbons (Fsp3) is 0.478. The number of rotatable bonds is 14. The summed E-state index contributed by atoms with van der Waals surface area (Å²) in [6.45, 7) is 9.46. The normalized spacial score (nSPS) is 17.6. The predicted octanol–water partition coefficient (Wildman–Crippen LogP) is 7.15. The van der Waals surface area contributed by atoms with Gasteiger partial charge in [0.05, 0.1) is 61.6 Å². The Morgan fingerprint density at radius 2 is 1.05 bits per heavy atom. The van der Waals surface area contributed by atoms with Gasteiger partial charge in [0.2, 0.25) is 11.8 Å². The minimum Gasteiger partial charge on any atom is -0.453 e. The number of carbonyl (C=O) groups is 4. The number of methoxy groups -OCH3 is 4. The molecule has 330 valence electrons. The fourth-order valence-electron chi connectivity index (χ4n) is 8.87. The number of imidazole rings is 2. The molecule has 4 atom stereocenters. The number of carbonyl (C=O) groups excluding carboxylic acids is 4. The monoisotopic (exact) mass is 850 g/mol. The molecule has 4 amide bonds. The van der Waals surface area contributed by atoms with E-state index in [0.717, 1.165) is 81.1 Å². The van der Waals surface area contributed by atoms with E-state index in [0.29, 0.717) is 38.0 Å². The van der Waals surface area contributed by atoms with Crippen molar-refractivity contribution in [2.24, 2.45) is 11.8 Å². The molecule has 2 aliphatic rings. The second kappa shape index (κ2) is 18.9. The average molecular weight is 851 g/mol. The van der Waals surface area contributed by atoms with Crippen LogP contribution in [0.15, 0.2) is 48.5 Å². The summed E-state index contributed by atoms with van der Waals surface area (Å²) in [4.78, 5) is 72.3. The van der Waals surface area contributed by atoms with Gasteiger partial charge in [-0.3, -0.25) is 9.59 Å².